The van der Waals surface area contributed by atoms with Crippen molar-refractivity contribution >= 4 is 12.9 Å². The lowest BCUT2D eigenvalue weighted by atomic mass is 9.65. The van der Waals surface area contributed by atoms with Crippen LogP contribution in [0.25, 0.3) is 0 Å². The Morgan fingerprint density at radius 3 is 2.11 bits per heavy atom. The number of hydrogen-bond donors (Lipinski definition) is 0. The Labute approximate surface area is 162 Å². The average molecular weight is 366 g/mol. The summed E-state index contributed by atoms with van der Waals surface area (Å²) in [7, 11) is 1.11. The van der Waals surface area contributed by atoms with Crippen molar-refractivity contribution in [3.8, 4) is 5.75 Å². The van der Waals surface area contributed by atoms with Crippen LogP contribution in [0.1, 0.15) is 55.9 Å². The predicted octanol–water partition coefficient (Wildman–Crippen LogP) is 4.68. The van der Waals surface area contributed by atoms with E-state index < -0.39 is 18.3 Å². The Kier molecular flexibility index (Phi) is 5.45. The zero-order valence-corrected chi connectivity index (χ0v) is 16.7. The molecule has 2 aromatic carbocycles. The van der Waals surface area contributed by atoms with Crippen molar-refractivity contribution < 1.29 is 18.8 Å². The zero-order chi connectivity index (χ0) is 19.7. The number of carbonyl (C=O) groups is 1. The number of carbonyl (C=O) groups excluding carboxylic acids is 1. The highest BCUT2D eigenvalue weighted by Crippen LogP contribution is 2.43. The summed E-state index contributed by atoms with van der Waals surface area (Å²) in [5.41, 5.74) is 0.679. The second-order valence-corrected chi connectivity index (χ2v) is 7.97. The first-order valence-corrected chi connectivity index (χ1v) is 9.32. The highest BCUT2D eigenvalue weighted by atomic mass is 16.7. The number of ether oxygens (including phenoxy) is 1. The van der Waals surface area contributed by atoms with Gasteiger partial charge in [-0.1, -0.05) is 48.5 Å². The van der Waals surface area contributed by atoms with Gasteiger partial charge in [-0.05, 0) is 39.3 Å². The van der Waals surface area contributed by atoms with Crippen molar-refractivity contribution in [3.63, 3.8) is 0 Å². The van der Waals surface area contributed by atoms with E-state index in [-0.39, 0.29) is 18.0 Å². The fourth-order valence-corrected chi connectivity index (χ4v) is 3.32. The number of methoxy groups -OCH3 is 1. The van der Waals surface area contributed by atoms with Gasteiger partial charge >= 0.3 is 7.12 Å². The van der Waals surface area contributed by atoms with Crippen LogP contribution in [0, 0.1) is 0 Å². The topological polar surface area (TPSA) is 44.8 Å². The minimum Gasteiger partial charge on any atom is -0.496 e. The van der Waals surface area contributed by atoms with Gasteiger partial charge in [0.15, 0.2) is 5.78 Å². The van der Waals surface area contributed by atoms with Crippen molar-refractivity contribution in [2.75, 3.05) is 7.11 Å². The monoisotopic (exact) mass is 366 g/mol. The van der Waals surface area contributed by atoms with Gasteiger partial charge in [-0.3, -0.25) is 4.79 Å². The Bertz CT molecular complexity index is 785. The molecule has 0 bridgehead atoms. The summed E-state index contributed by atoms with van der Waals surface area (Å²) in [4.78, 5) is 13.0. The van der Waals surface area contributed by atoms with E-state index in [1.807, 2.05) is 82.3 Å². The minimum absolute atomic E-state index is 0.0567. The molecule has 0 aliphatic carbocycles. The largest absolute Gasteiger partial charge is 0.496 e. The van der Waals surface area contributed by atoms with E-state index >= 15 is 0 Å². The number of hydrogen-bond acceptors (Lipinski definition) is 4. The molecule has 3 rings (SSSR count). The van der Waals surface area contributed by atoms with Gasteiger partial charge in [0.2, 0.25) is 0 Å². The first-order chi connectivity index (χ1) is 12.7. The van der Waals surface area contributed by atoms with Gasteiger partial charge in [0, 0.05) is 17.8 Å². The summed E-state index contributed by atoms with van der Waals surface area (Å²) in [5.74, 6) is 0.522. The molecular weight excluding hydrogens is 339 g/mol. The van der Waals surface area contributed by atoms with E-state index in [1.165, 1.54) is 0 Å². The highest BCUT2D eigenvalue weighted by Gasteiger charge is 2.54. The van der Waals surface area contributed by atoms with Crippen LogP contribution in [0.15, 0.2) is 54.6 Å². The maximum atomic E-state index is 13.0. The summed E-state index contributed by atoms with van der Waals surface area (Å²) < 4.78 is 18.1. The van der Waals surface area contributed by atoms with Crippen molar-refractivity contribution in [1.82, 2.24) is 0 Å². The van der Waals surface area contributed by atoms with Gasteiger partial charge in [0.1, 0.15) is 5.75 Å². The fraction of sp³-hybridized carbons (Fsp3) is 0.409. The molecule has 1 aliphatic heterocycles. The number of para-hydroxylation sites is 1. The van der Waals surface area contributed by atoms with Crippen molar-refractivity contribution in [2.45, 2.75) is 51.1 Å². The quantitative estimate of drug-likeness (QED) is 0.550. The van der Waals surface area contributed by atoms with Crippen molar-refractivity contribution in [1.29, 1.82) is 0 Å². The normalized spacial score (nSPS) is 18.9. The molecule has 1 aliphatic rings. The molecule has 1 saturated heterocycles. The third kappa shape index (κ3) is 3.94. The van der Waals surface area contributed by atoms with Crippen LogP contribution in [0.2, 0.25) is 0 Å². The smallest absolute Gasteiger partial charge is 0.466 e. The number of Topliss-reactive ketones (excluding diaryl/α,β-unsaturated/α-hetero) is 1. The minimum atomic E-state index is -0.529. The highest BCUT2D eigenvalue weighted by molar-refractivity contribution is 6.48. The van der Waals surface area contributed by atoms with Gasteiger partial charge in [-0.2, -0.15) is 0 Å². The molecule has 5 heteroatoms. The maximum Gasteiger partial charge on any atom is 0.466 e. The average Bonchev–Trinajstić information content (AvgIpc) is 2.87. The van der Waals surface area contributed by atoms with E-state index in [9.17, 15) is 4.79 Å². The molecule has 0 radical (unpaired) electrons. The fourth-order valence-electron chi connectivity index (χ4n) is 3.32. The summed E-state index contributed by atoms with van der Waals surface area (Å²) >= 11 is 0. The molecule has 0 amide bonds. The van der Waals surface area contributed by atoms with Gasteiger partial charge in [0.25, 0.3) is 0 Å². The van der Waals surface area contributed by atoms with Gasteiger partial charge < -0.3 is 14.0 Å². The summed E-state index contributed by atoms with van der Waals surface area (Å²) in [5, 5.41) is 0. The van der Waals surface area contributed by atoms with E-state index in [4.69, 9.17) is 14.0 Å². The molecule has 1 atom stereocenters. The Morgan fingerprint density at radius 2 is 1.52 bits per heavy atom. The van der Waals surface area contributed by atoms with Crippen molar-refractivity contribution in [2.24, 2.45) is 0 Å². The van der Waals surface area contributed by atoms with Gasteiger partial charge in [0.05, 0.1) is 18.3 Å². The van der Waals surface area contributed by atoms with E-state index in [0.717, 1.165) is 11.3 Å². The summed E-state index contributed by atoms with van der Waals surface area (Å²) in [6.07, 6.45) is 0.279. The predicted molar refractivity (Wildman–Crippen MR) is 107 cm³/mol. The van der Waals surface area contributed by atoms with Crippen LogP contribution in [-0.2, 0) is 9.31 Å². The number of benzene rings is 2. The van der Waals surface area contributed by atoms with Gasteiger partial charge in [-0.25, -0.2) is 0 Å². The molecular formula is C22H27BO4. The Balaban J connectivity index is 1.96. The van der Waals surface area contributed by atoms with Crippen LogP contribution in [0.4, 0.5) is 0 Å². The van der Waals surface area contributed by atoms with E-state index in [0.29, 0.717) is 5.56 Å². The second kappa shape index (κ2) is 7.49. The Morgan fingerprint density at radius 1 is 0.963 bits per heavy atom. The van der Waals surface area contributed by atoms with Crippen LogP contribution in [0.3, 0.4) is 0 Å². The summed E-state index contributed by atoms with van der Waals surface area (Å²) in [6.45, 7) is 8.08. The molecule has 1 fully saturated rings. The van der Waals surface area contributed by atoms with Crippen LogP contribution >= 0.6 is 0 Å². The van der Waals surface area contributed by atoms with E-state index in [2.05, 4.69) is 0 Å². The lowest BCUT2D eigenvalue weighted by Crippen LogP contribution is -2.41. The first kappa shape index (κ1) is 19.7. The first-order valence-electron chi connectivity index (χ1n) is 9.32. The lowest BCUT2D eigenvalue weighted by molar-refractivity contribution is 0.00578. The molecule has 27 heavy (non-hydrogen) atoms. The zero-order valence-electron chi connectivity index (χ0n) is 16.7. The molecule has 1 heterocycles. The summed E-state index contributed by atoms with van der Waals surface area (Å²) in [6, 6.07) is 17.1. The van der Waals surface area contributed by atoms with Crippen molar-refractivity contribution in [3.05, 3.63) is 65.7 Å². The molecule has 0 saturated carbocycles. The van der Waals surface area contributed by atoms with Crippen LogP contribution < -0.4 is 4.74 Å². The number of ketones is 1. The maximum absolute atomic E-state index is 13.0. The third-order valence-corrected chi connectivity index (χ3v) is 5.64. The van der Waals surface area contributed by atoms with Gasteiger partial charge in [-0.15, -0.1) is 0 Å². The molecule has 4 nitrogen and oxygen atoms in total. The lowest BCUT2D eigenvalue weighted by Gasteiger charge is -2.32. The second-order valence-electron chi connectivity index (χ2n) is 7.97. The third-order valence-electron chi connectivity index (χ3n) is 5.64. The number of rotatable bonds is 6. The van der Waals surface area contributed by atoms with Crippen LogP contribution in [-0.4, -0.2) is 31.2 Å². The molecule has 0 N–H and O–H groups in total. The van der Waals surface area contributed by atoms with Crippen LogP contribution in [0.5, 0.6) is 5.75 Å². The molecule has 0 spiro atoms. The Hall–Kier alpha value is -2.11. The molecule has 0 aromatic heterocycles. The van der Waals surface area contributed by atoms with E-state index in [1.54, 1.807) is 7.11 Å². The molecule has 142 valence electrons. The molecule has 0 unspecified atom stereocenters. The standard InChI is InChI=1S/C22H27BO4/c1-21(2)22(3,4)27-23(26-21)18(17-13-9-10-14-20(17)25-5)15-19(24)16-11-7-6-8-12-16/h6-14,18H,15H2,1-5H3/t18-/m1/s1. The molecule has 2 aromatic rings. The SMILES string of the molecule is COc1ccccc1[C@@H](CC(=O)c1ccccc1)B1OC(C)(C)C(C)(C)O1.